The van der Waals surface area contributed by atoms with Crippen molar-refractivity contribution in [1.29, 1.82) is 0 Å². The molecule has 2 aromatic carbocycles. The Morgan fingerprint density at radius 3 is 2.39 bits per heavy atom. The highest BCUT2D eigenvalue weighted by Crippen LogP contribution is 2.47. The number of anilines is 1. The number of halogens is 3. The van der Waals surface area contributed by atoms with Gasteiger partial charge in [0.1, 0.15) is 5.01 Å². The molecule has 1 saturated carbocycles. The highest BCUT2D eigenvalue weighted by molar-refractivity contribution is 7.15. The molecule has 2 atom stereocenters. The van der Waals surface area contributed by atoms with Crippen LogP contribution in [0.1, 0.15) is 47.9 Å². The Hall–Kier alpha value is -2.87. The van der Waals surface area contributed by atoms with Gasteiger partial charge >= 0.3 is 6.18 Å². The van der Waals surface area contributed by atoms with E-state index in [4.69, 9.17) is 0 Å². The van der Waals surface area contributed by atoms with Gasteiger partial charge in [-0.25, -0.2) is 4.98 Å². The molecule has 4 nitrogen and oxygen atoms in total. The number of amides is 1. The fraction of sp³-hybridized carbons (Fsp3) is 0.360. The van der Waals surface area contributed by atoms with Crippen LogP contribution in [-0.2, 0) is 17.5 Å². The van der Waals surface area contributed by atoms with Gasteiger partial charge in [-0.2, -0.15) is 13.2 Å². The Kier molecular flexibility index (Phi) is 6.47. The Morgan fingerprint density at radius 2 is 1.79 bits per heavy atom. The molecule has 3 aromatic rings. The summed E-state index contributed by atoms with van der Waals surface area (Å²) in [6, 6.07) is 13.4. The normalized spacial score (nSPS) is 17.8. The maximum atomic E-state index is 12.8. The summed E-state index contributed by atoms with van der Waals surface area (Å²) < 4.78 is 38.4. The van der Waals surface area contributed by atoms with E-state index in [9.17, 15) is 18.0 Å². The largest absolute Gasteiger partial charge is 0.416 e. The minimum absolute atomic E-state index is 0.0645. The number of nitrogens with one attached hydrogen (secondary N) is 2. The van der Waals surface area contributed by atoms with Crippen LogP contribution >= 0.6 is 11.3 Å². The van der Waals surface area contributed by atoms with Gasteiger partial charge in [-0.05, 0) is 62.9 Å². The van der Waals surface area contributed by atoms with Crippen molar-refractivity contribution in [2.24, 2.45) is 5.92 Å². The number of carbonyl (C=O) groups excluding carboxylic acids is 1. The van der Waals surface area contributed by atoms with Crippen molar-refractivity contribution < 1.29 is 18.0 Å². The van der Waals surface area contributed by atoms with Crippen molar-refractivity contribution >= 4 is 22.9 Å². The predicted octanol–water partition coefficient (Wildman–Crippen LogP) is 6.38. The number of aromatic nitrogens is 1. The SMILES string of the molecule is Cc1nc(-c2ccc(C(F)(F)F)cc2)sc1CNc1ccc([C@@H]2C[C@H]2C(=O)NC(C)C)cc1. The first kappa shape index (κ1) is 23.3. The van der Waals surface area contributed by atoms with E-state index in [-0.39, 0.29) is 23.8 Å². The van der Waals surface area contributed by atoms with E-state index in [0.717, 1.165) is 34.8 Å². The average Bonchev–Trinajstić information content (AvgIpc) is 3.48. The standard InChI is InChI=1S/C25H26F3N3OS/c1-14(2)30-23(32)21-12-20(21)16-6-10-19(11-7-16)29-13-22-15(3)31-24(33-22)17-4-8-18(9-5-17)25(26,27)28/h4-11,14,20-21,29H,12-13H2,1-3H3,(H,30,32)/t20-,21+/m0/s1. The molecule has 1 aliphatic rings. The monoisotopic (exact) mass is 473 g/mol. The maximum Gasteiger partial charge on any atom is 0.416 e. The predicted molar refractivity (Wildman–Crippen MR) is 125 cm³/mol. The summed E-state index contributed by atoms with van der Waals surface area (Å²) in [7, 11) is 0. The van der Waals surface area contributed by atoms with Crippen molar-refractivity contribution in [1.82, 2.24) is 10.3 Å². The smallest absolute Gasteiger partial charge is 0.380 e. The molecule has 33 heavy (non-hydrogen) atoms. The molecule has 1 aliphatic carbocycles. The van der Waals surface area contributed by atoms with Gasteiger partial charge in [-0.15, -0.1) is 11.3 Å². The van der Waals surface area contributed by atoms with Gasteiger partial charge in [0.2, 0.25) is 5.91 Å². The van der Waals surface area contributed by atoms with Gasteiger partial charge in [0.15, 0.2) is 0 Å². The first-order chi connectivity index (χ1) is 15.6. The van der Waals surface area contributed by atoms with Gasteiger partial charge in [0.05, 0.1) is 17.8 Å². The first-order valence-electron chi connectivity index (χ1n) is 10.9. The summed E-state index contributed by atoms with van der Waals surface area (Å²) in [4.78, 5) is 17.7. The van der Waals surface area contributed by atoms with E-state index in [0.29, 0.717) is 17.1 Å². The molecule has 0 aliphatic heterocycles. The van der Waals surface area contributed by atoms with Crippen molar-refractivity contribution in [3.05, 3.63) is 70.2 Å². The van der Waals surface area contributed by atoms with Gasteiger partial charge in [-0.1, -0.05) is 24.3 Å². The molecule has 1 amide bonds. The minimum atomic E-state index is -4.34. The van der Waals surface area contributed by atoms with E-state index in [1.807, 2.05) is 32.9 Å². The van der Waals surface area contributed by atoms with Crippen LogP contribution in [0, 0.1) is 12.8 Å². The van der Waals surface area contributed by atoms with Crippen molar-refractivity contribution in [3.8, 4) is 10.6 Å². The van der Waals surface area contributed by atoms with E-state index in [1.54, 1.807) is 0 Å². The van der Waals surface area contributed by atoms with Gasteiger partial charge < -0.3 is 10.6 Å². The Morgan fingerprint density at radius 1 is 1.12 bits per heavy atom. The summed E-state index contributed by atoms with van der Waals surface area (Å²) in [6.45, 7) is 6.41. The van der Waals surface area contributed by atoms with Crippen LogP contribution in [0.3, 0.4) is 0 Å². The van der Waals surface area contributed by atoms with Crippen LogP contribution in [0.15, 0.2) is 48.5 Å². The lowest BCUT2D eigenvalue weighted by molar-refractivity contribution is -0.137. The molecule has 1 aromatic heterocycles. The molecule has 1 fully saturated rings. The van der Waals surface area contributed by atoms with Crippen molar-refractivity contribution in [3.63, 3.8) is 0 Å². The van der Waals surface area contributed by atoms with Gasteiger partial charge in [0, 0.05) is 28.1 Å². The lowest BCUT2D eigenvalue weighted by atomic mass is 10.1. The third kappa shape index (κ3) is 5.55. The highest BCUT2D eigenvalue weighted by Gasteiger charge is 2.43. The Balaban J connectivity index is 1.35. The van der Waals surface area contributed by atoms with Crippen LogP contribution in [0.2, 0.25) is 0 Å². The highest BCUT2D eigenvalue weighted by atomic mass is 32.1. The number of nitrogens with zero attached hydrogens (tertiary/aromatic N) is 1. The molecule has 0 bridgehead atoms. The van der Waals surface area contributed by atoms with E-state index in [1.165, 1.54) is 29.0 Å². The number of aryl methyl sites for hydroxylation is 1. The first-order valence-corrected chi connectivity index (χ1v) is 11.7. The van der Waals surface area contributed by atoms with Gasteiger partial charge in [0.25, 0.3) is 0 Å². The minimum Gasteiger partial charge on any atom is -0.380 e. The van der Waals surface area contributed by atoms with E-state index >= 15 is 0 Å². The number of thiazole rings is 1. The number of rotatable bonds is 7. The van der Waals surface area contributed by atoms with Crippen LogP contribution in [0.5, 0.6) is 0 Å². The second-order valence-corrected chi connectivity index (χ2v) is 9.77. The summed E-state index contributed by atoms with van der Waals surface area (Å²) in [5, 5.41) is 7.06. The summed E-state index contributed by atoms with van der Waals surface area (Å²) in [5.74, 6) is 0.476. The third-order valence-electron chi connectivity index (χ3n) is 5.70. The molecule has 8 heteroatoms. The van der Waals surface area contributed by atoms with Gasteiger partial charge in [-0.3, -0.25) is 4.79 Å². The third-order valence-corrected chi connectivity index (χ3v) is 6.91. The molecular formula is C25H26F3N3OS. The summed E-state index contributed by atoms with van der Waals surface area (Å²) in [6.07, 6.45) is -3.46. The molecule has 0 unspecified atom stereocenters. The zero-order chi connectivity index (χ0) is 23.8. The summed E-state index contributed by atoms with van der Waals surface area (Å²) in [5.41, 5.74) is 3.00. The molecule has 174 valence electrons. The maximum absolute atomic E-state index is 12.8. The van der Waals surface area contributed by atoms with E-state index < -0.39 is 11.7 Å². The fourth-order valence-electron chi connectivity index (χ4n) is 3.79. The number of carbonyl (C=O) groups is 1. The topological polar surface area (TPSA) is 54.0 Å². The van der Waals surface area contributed by atoms with Crippen molar-refractivity contribution in [2.45, 2.75) is 51.9 Å². The second-order valence-electron chi connectivity index (χ2n) is 8.69. The number of hydrogen-bond donors (Lipinski definition) is 2. The lowest BCUT2D eigenvalue weighted by Gasteiger charge is -2.09. The van der Waals surface area contributed by atoms with Crippen LogP contribution in [0.25, 0.3) is 10.6 Å². The molecule has 0 saturated heterocycles. The molecular weight excluding hydrogens is 447 g/mol. The Labute approximate surface area is 195 Å². The molecule has 2 N–H and O–H groups in total. The second kappa shape index (κ2) is 9.17. The zero-order valence-electron chi connectivity index (χ0n) is 18.7. The molecule has 0 spiro atoms. The van der Waals surface area contributed by atoms with Crippen LogP contribution in [0.4, 0.5) is 18.9 Å². The zero-order valence-corrected chi connectivity index (χ0v) is 19.5. The number of hydrogen-bond acceptors (Lipinski definition) is 4. The van der Waals surface area contributed by atoms with E-state index in [2.05, 4.69) is 27.8 Å². The van der Waals surface area contributed by atoms with Crippen LogP contribution in [-0.4, -0.2) is 16.9 Å². The average molecular weight is 474 g/mol. The number of alkyl halides is 3. The molecule has 4 rings (SSSR count). The van der Waals surface area contributed by atoms with Crippen LogP contribution < -0.4 is 10.6 Å². The van der Waals surface area contributed by atoms with Crippen molar-refractivity contribution in [2.75, 3.05) is 5.32 Å². The number of benzene rings is 2. The molecule has 1 heterocycles. The summed E-state index contributed by atoms with van der Waals surface area (Å²) >= 11 is 1.47. The Bertz CT molecular complexity index is 1120. The lowest BCUT2D eigenvalue weighted by Crippen LogP contribution is -2.31. The molecule has 0 radical (unpaired) electrons. The fourth-order valence-corrected chi connectivity index (χ4v) is 4.80. The quantitative estimate of drug-likeness (QED) is 0.419.